The number of hydrogen-bond acceptors (Lipinski definition) is 6. The molecule has 0 saturated carbocycles. The molecule has 7 heteroatoms. The van der Waals surface area contributed by atoms with Gasteiger partial charge in [0.25, 0.3) is 0 Å². The Balaban J connectivity index is 1.82. The molecule has 2 N–H and O–H groups in total. The largest absolute Gasteiger partial charge is 0.444 e. The Kier molecular flexibility index (Phi) is 8.26. The van der Waals surface area contributed by atoms with Crippen molar-refractivity contribution in [3.8, 4) is 0 Å². The zero-order valence-corrected chi connectivity index (χ0v) is 18.9. The number of likely N-dealkylation sites (tertiary alicyclic amines) is 1. The quantitative estimate of drug-likeness (QED) is 0.652. The molecule has 2 aromatic carbocycles. The van der Waals surface area contributed by atoms with Crippen LogP contribution in [0.25, 0.3) is 0 Å². The van der Waals surface area contributed by atoms with E-state index in [0.29, 0.717) is 6.61 Å². The SMILES string of the molecule is CC(C)(C)OC(=O)N1C[C@H](OCc2ccccc2)[C@@H](OCc2ccccc2)[C@@H]1[C@H](O)CO. The monoisotopic (exact) mass is 443 g/mol. The van der Waals surface area contributed by atoms with Crippen LogP contribution in [0, 0.1) is 0 Å². The van der Waals surface area contributed by atoms with E-state index < -0.39 is 42.7 Å². The van der Waals surface area contributed by atoms with Gasteiger partial charge in [-0.25, -0.2) is 4.79 Å². The number of rotatable bonds is 8. The number of hydrogen-bond donors (Lipinski definition) is 2. The number of ether oxygens (including phenoxy) is 3. The highest BCUT2D eigenvalue weighted by atomic mass is 16.6. The highest BCUT2D eigenvalue weighted by molar-refractivity contribution is 5.69. The molecule has 1 aliphatic rings. The molecule has 7 nitrogen and oxygen atoms in total. The van der Waals surface area contributed by atoms with E-state index in [2.05, 4.69) is 0 Å². The van der Waals surface area contributed by atoms with Gasteiger partial charge in [-0.2, -0.15) is 0 Å². The van der Waals surface area contributed by atoms with E-state index in [0.717, 1.165) is 11.1 Å². The number of carbonyl (C=O) groups excluding carboxylic acids is 1. The first kappa shape index (κ1) is 24.2. The third-order valence-corrected chi connectivity index (χ3v) is 5.24. The smallest absolute Gasteiger partial charge is 0.410 e. The van der Waals surface area contributed by atoms with E-state index >= 15 is 0 Å². The summed E-state index contributed by atoms with van der Waals surface area (Å²) in [6.07, 6.45) is -2.92. The third-order valence-electron chi connectivity index (χ3n) is 5.24. The van der Waals surface area contributed by atoms with Crippen LogP contribution in [0.3, 0.4) is 0 Å². The molecule has 0 aromatic heterocycles. The van der Waals surface area contributed by atoms with Crippen LogP contribution in [0.2, 0.25) is 0 Å². The van der Waals surface area contributed by atoms with Gasteiger partial charge in [-0.05, 0) is 31.9 Å². The van der Waals surface area contributed by atoms with Crippen LogP contribution in [0.15, 0.2) is 60.7 Å². The third kappa shape index (κ3) is 6.53. The van der Waals surface area contributed by atoms with Gasteiger partial charge < -0.3 is 24.4 Å². The summed E-state index contributed by atoms with van der Waals surface area (Å²) in [4.78, 5) is 14.3. The Labute approximate surface area is 189 Å². The standard InChI is InChI=1S/C25H33NO6/c1-25(2,3)32-24(29)26-14-21(30-16-18-10-6-4-7-11-18)23(22(26)20(28)15-27)31-17-19-12-8-5-9-13-19/h4-13,20-23,27-28H,14-17H2,1-3H3/t20-,21+,22+,23-/m1/s1. The number of nitrogens with zero attached hydrogens (tertiary/aromatic N) is 1. The molecule has 0 bridgehead atoms. The number of benzene rings is 2. The second-order valence-corrected chi connectivity index (χ2v) is 8.97. The Morgan fingerprint density at radius 3 is 2.03 bits per heavy atom. The van der Waals surface area contributed by atoms with Gasteiger partial charge in [0.2, 0.25) is 0 Å². The lowest BCUT2D eigenvalue weighted by atomic mass is 10.0. The minimum Gasteiger partial charge on any atom is -0.444 e. The number of aliphatic hydroxyl groups excluding tert-OH is 2. The van der Waals surface area contributed by atoms with E-state index in [1.165, 1.54) is 4.90 Å². The summed E-state index contributed by atoms with van der Waals surface area (Å²) in [5.41, 5.74) is 1.25. The lowest BCUT2D eigenvalue weighted by molar-refractivity contribution is -0.0933. The summed E-state index contributed by atoms with van der Waals surface area (Å²) in [6.45, 7) is 5.64. The number of aliphatic hydroxyl groups is 2. The molecule has 1 saturated heterocycles. The molecule has 3 rings (SSSR count). The summed E-state index contributed by atoms with van der Waals surface area (Å²) in [6, 6.07) is 18.6. The minimum absolute atomic E-state index is 0.183. The summed E-state index contributed by atoms with van der Waals surface area (Å²) in [5.74, 6) is 0. The number of carbonyl (C=O) groups is 1. The lowest BCUT2D eigenvalue weighted by Crippen LogP contribution is -2.51. The van der Waals surface area contributed by atoms with E-state index in [9.17, 15) is 15.0 Å². The predicted molar refractivity (Wildman–Crippen MR) is 120 cm³/mol. The second kappa shape index (κ2) is 10.9. The van der Waals surface area contributed by atoms with Crippen LogP contribution in [0.4, 0.5) is 4.79 Å². The Morgan fingerprint density at radius 2 is 1.53 bits per heavy atom. The van der Waals surface area contributed by atoms with E-state index in [1.54, 1.807) is 20.8 Å². The predicted octanol–water partition coefficient (Wildman–Crippen LogP) is 3.13. The van der Waals surface area contributed by atoms with Crippen molar-refractivity contribution in [3.63, 3.8) is 0 Å². The van der Waals surface area contributed by atoms with Gasteiger partial charge >= 0.3 is 6.09 Å². The molecule has 1 heterocycles. The Hall–Kier alpha value is -2.45. The maximum Gasteiger partial charge on any atom is 0.410 e. The molecule has 1 amide bonds. The fraction of sp³-hybridized carbons (Fsp3) is 0.480. The van der Waals surface area contributed by atoms with Crippen molar-refractivity contribution < 1.29 is 29.2 Å². The van der Waals surface area contributed by atoms with Crippen LogP contribution in [-0.4, -0.2) is 64.3 Å². The molecule has 32 heavy (non-hydrogen) atoms. The second-order valence-electron chi connectivity index (χ2n) is 8.97. The van der Waals surface area contributed by atoms with Crippen molar-refractivity contribution in [2.45, 2.75) is 63.9 Å². The van der Waals surface area contributed by atoms with Gasteiger partial charge in [0.1, 0.15) is 23.9 Å². The molecule has 0 radical (unpaired) electrons. The lowest BCUT2D eigenvalue weighted by Gasteiger charge is -2.32. The van der Waals surface area contributed by atoms with E-state index in [4.69, 9.17) is 14.2 Å². The minimum atomic E-state index is -1.20. The average molecular weight is 444 g/mol. The van der Waals surface area contributed by atoms with Crippen molar-refractivity contribution in [2.24, 2.45) is 0 Å². The molecule has 174 valence electrons. The van der Waals surface area contributed by atoms with Crippen LogP contribution in [-0.2, 0) is 27.4 Å². The summed E-state index contributed by atoms with van der Waals surface area (Å²) in [5, 5.41) is 20.3. The maximum atomic E-state index is 12.9. The molecule has 2 aromatic rings. The van der Waals surface area contributed by atoms with E-state index in [-0.39, 0.29) is 13.2 Å². The number of amides is 1. The molecule has 0 unspecified atom stereocenters. The molecule has 1 aliphatic heterocycles. The zero-order valence-electron chi connectivity index (χ0n) is 18.9. The van der Waals surface area contributed by atoms with Crippen molar-refractivity contribution in [2.75, 3.05) is 13.2 Å². The van der Waals surface area contributed by atoms with Crippen LogP contribution in [0.5, 0.6) is 0 Å². The van der Waals surface area contributed by atoms with Crippen LogP contribution < -0.4 is 0 Å². The van der Waals surface area contributed by atoms with Crippen LogP contribution in [0.1, 0.15) is 31.9 Å². The highest BCUT2D eigenvalue weighted by Crippen LogP contribution is 2.30. The topological polar surface area (TPSA) is 88.5 Å². The molecular formula is C25H33NO6. The Morgan fingerprint density at radius 1 is 1.00 bits per heavy atom. The Bertz CT molecular complexity index is 839. The fourth-order valence-electron chi connectivity index (χ4n) is 3.77. The first-order chi connectivity index (χ1) is 15.3. The van der Waals surface area contributed by atoms with Gasteiger partial charge in [-0.15, -0.1) is 0 Å². The zero-order chi connectivity index (χ0) is 23.1. The van der Waals surface area contributed by atoms with Gasteiger partial charge in [0.15, 0.2) is 0 Å². The summed E-state index contributed by atoms with van der Waals surface area (Å²) >= 11 is 0. The average Bonchev–Trinajstić information content (AvgIpc) is 3.14. The van der Waals surface area contributed by atoms with Crippen LogP contribution >= 0.6 is 0 Å². The molecule has 0 aliphatic carbocycles. The highest BCUT2D eigenvalue weighted by Gasteiger charge is 2.50. The van der Waals surface area contributed by atoms with Gasteiger partial charge in [-0.3, -0.25) is 4.90 Å². The van der Waals surface area contributed by atoms with Crippen molar-refractivity contribution in [3.05, 3.63) is 71.8 Å². The summed E-state index contributed by atoms with van der Waals surface area (Å²) < 4.78 is 17.9. The van der Waals surface area contributed by atoms with Crippen molar-refractivity contribution in [1.29, 1.82) is 0 Å². The summed E-state index contributed by atoms with van der Waals surface area (Å²) in [7, 11) is 0. The van der Waals surface area contributed by atoms with Crippen molar-refractivity contribution in [1.82, 2.24) is 4.90 Å². The molecule has 4 atom stereocenters. The van der Waals surface area contributed by atoms with Gasteiger partial charge in [0, 0.05) is 0 Å². The maximum absolute atomic E-state index is 12.9. The first-order valence-corrected chi connectivity index (χ1v) is 10.9. The molecule has 1 fully saturated rings. The fourth-order valence-corrected chi connectivity index (χ4v) is 3.77. The van der Waals surface area contributed by atoms with Gasteiger partial charge in [0.05, 0.1) is 32.4 Å². The molecular weight excluding hydrogens is 410 g/mol. The van der Waals surface area contributed by atoms with E-state index in [1.807, 2.05) is 60.7 Å². The molecule has 0 spiro atoms. The van der Waals surface area contributed by atoms with Crippen molar-refractivity contribution >= 4 is 6.09 Å². The normalized spacial score (nSPS) is 22.0. The van der Waals surface area contributed by atoms with Gasteiger partial charge in [-0.1, -0.05) is 60.7 Å². The first-order valence-electron chi connectivity index (χ1n) is 10.9.